The van der Waals surface area contributed by atoms with Crippen molar-refractivity contribution >= 4 is 17.3 Å². The number of hydrogen-bond acceptors (Lipinski definition) is 2. The van der Waals surface area contributed by atoms with E-state index in [0.717, 1.165) is 18.8 Å². The van der Waals surface area contributed by atoms with Crippen molar-refractivity contribution in [2.75, 3.05) is 24.6 Å². The van der Waals surface area contributed by atoms with Gasteiger partial charge in [-0.1, -0.05) is 25.4 Å². The largest absolute Gasteiger partial charge is 0.374 e. The summed E-state index contributed by atoms with van der Waals surface area (Å²) in [4.78, 5) is 2.15. The Morgan fingerprint density at radius 3 is 2.88 bits per heavy atom. The van der Waals surface area contributed by atoms with Crippen LogP contribution in [0.4, 0.5) is 10.1 Å². The first-order valence-corrected chi connectivity index (χ1v) is 6.27. The minimum absolute atomic E-state index is 0.169. The summed E-state index contributed by atoms with van der Waals surface area (Å²) in [6.45, 7) is 6.56. The van der Waals surface area contributed by atoms with Crippen molar-refractivity contribution in [3.63, 3.8) is 0 Å². The Morgan fingerprint density at radius 2 is 2.24 bits per heavy atom. The monoisotopic (exact) mass is 257 g/mol. The van der Waals surface area contributed by atoms with Crippen LogP contribution in [0, 0.1) is 11.7 Å². The number of morpholine rings is 1. The molecule has 4 heteroatoms. The van der Waals surface area contributed by atoms with Crippen LogP contribution in [0.1, 0.15) is 13.8 Å². The van der Waals surface area contributed by atoms with Gasteiger partial charge in [-0.3, -0.25) is 0 Å². The first-order valence-electron chi connectivity index (χ1n) is 5.89. The Labute approximate surface area is 106 Å². The molecule has 0 radical (unpaired) electrons. The van der Waals surface area contributed by atoms with Crippen LogP contribution in [-0.2, 0) is 4.74 Å². The smallest absolute Gasteiger partial charge is 0.143 e. The SMILES string of the molecule is CC(C)[C@@H]1CN(c2ccc(Cl)c(F)c2)CCO1. The van der Waals surface area contributed by atoms with Gasteiger partial charge >= 0.3 is 0 Å². The van der Waals surface area contributed by atoms with E-state index >= 15 is 0 Å². The molecular formula is C13H17ClFNO. The van der Waals surface area contributed by atoms with Crippen LogP contribution >= 0.6 is 11.6 Å². The van der Waals surface area contributed by atoms with Gasteiger partial charge in [0.1, 0.15) is 5.82 Å². The van der Waals surface area contributed by atoms with Gasteiger partial charge in [0.15, 0.2) is 0 Å². The molecule has 1 atom stereocenters. The third-order valence-corrected chi connectivity index (χ3v) is 3.41. The molecule has 1 aliphatic rings. The van der Waals surface area contributed by atoms with Crippen LogP contribution in [0.5, 0.6) is 0 Å². The van der Waals surface area contributed by atoms with E-state index < -0.39 is 0 Å². The van der Waals surface area contributed by atoms with Gasteiger partial charge in [0.05, 0.1) is 17.7 Å². The molecule has 0 unspecified atom stereocenters. The summed E-state index contributed by atoms with van der Waals surface area (Å²) < 4.78 is 19.1. The highest BCUT2D eigenvalue weighted by molar-refractivity contribution is 6.30. The van der Waals surface area contributed by atoms with E-state index in [1.807, 2.05) is 6.07 Å². The highest BCUT2D eigenvalue weighted by atomic mass is 35.5. The normalized spacial score (nSPS) is 21.0. The summed E-state index contributed by atoms with van der Waals surface area (Å²) in [5.74, 6) is 0.103. The van der Waals surface area contributed by atoms with Crippen LogP contribution in [0.3, 0.4) is 0 Å². The van der Waals surface area contributed by atoms with Gasteiger partial charge in [0.25, 0.3) is 0 Å². The molecule has 17 heavy (non-hydrogen) atoms. The van der Waals surface area contributed by atoms with Crippen LogP contribution in [0.2, 0.25) is 5.02 Å². The van der Waals surface area contributed by atoms with E-state index in [1.54, 1.807) is 6.07 Å². The number of anilines is 1. The zero-order valence-corrected chi connectivity index (χ0v) is 10.9. The van der Waals surface area contributed by atoms with Crippen LogP contribution < -0.4 is 4.90 Å². The number of nitrogens with zero attached hydrogens (tertiary/aromatic N) is 1. The Bertz CT molecular complexity index is 397. The average Bonchev–Trinajstić information content (AvgIpc) is 2.33. The fourth-order valence-electron chi connectivity index (χ4n) is 1.99. The van der Waals surface area contributed by atoms with Gasteiger partial charge in [-0.15, -0.1) is 0 Å². The van der Waals surface area contributed by atoms with E-state index in [9.17, 15) is 4.39 Å². The van der Waals surface area contributed by atoms with Gasteiger partial charge < -0.3 is 9.64 Å². The van der Waals surface area contributed by atoms with Crippen molar-refractivity contribution < 1.29 is 9.13 Å². The molecule has 1 fully saturated rings. The lowest BCUT2D eigenvalue weighted by atomic mass is 10.1. The maximum absolute atomic E-state index is 13.4. The molecule has 0 N–H and O–H groups in total. The van der Waals surface area contributed by atoms with Gasteiger partial charge in [0, 0.05) is 18.8 Å². The molecule has 1 aliphatic heterocycles. The number of rotatable bonds is 2. The van der Waals surface area contributed by atoms with Crippen molar-refractivity contribution in [3.05, 3.63) is 29.0 Å². The number of benzene rings is 1. The van der Waals surface area contributed by atoms with Crippen molar-refractivity contribution in [1.29, 1.82) is 0 Å². The Balaban J connectivity index is 2.13. The van der Waals surface area contributed by atoms with E-state index in [2.05, 4.69) is 18.7 Å². The molecule has 0 saturated carbocycles. The number of halogens is 2. The second-order valence-electron chi connectivity index (χ2n) is 4.70. The summed E-state index contributed by atoms with van der Waals surface area (Å²) in [5, 5.41) is 0.169. The fraction of sp³-hybridized carbons (Fsp3) is 0.538. The minimum Gasteiger partial charge on any atom is -0.374 e. The lowest BCUT2D eigenvalue weighted by Gasteiger charge is -2.36. The summed E-state index contributed by atoms with van der Waals surface area (Å²) >= 11 is 5.68. The van der Waals surface area contributed by atoms with Crippen molar-refractivity contribution in [3.8, 4) is 0 Å². The van der Waals surface area contributed by atoms with Crippen molar-refractivity contribution in [2.45, 2.75) is 20.0 Å². The van der Waals surface area contributed by atoms with Crippen LogP contribution in [0.25, 0.3) is 0 Å². The molecule has 2 rings (SSSR count). The summed E-state index contributed by atoms with van der Waals surface area (Å²) in [6, 6.07) is 4.95. The zero-order chi connectivity index (χ0) is 12.4. The second kappa shape index (κ2) is 5.23. The fourth-order valence-corrected chi connectivity index (χ4v) is 2.11. The van der Waals surface area contributed by atoms with Crippen LogP contribution in [-0.4, -0.2) is 25.8 Å². The maximum Gasteiger partial charge on any atom is 0.143 e. The Kier molecular flexibility index (Phi) is 3.89. The molecule has 1 heterocycles. The Morgan fingerprint density at radius 1 is 1.47 bits per heavy atom. The van der Waals surface area contributed by atoms with Gasteiger partial charge in [-0.05, 0) is 24.1 Å². The average molecular weight is 258 g/mol. The predicted molar refractivity (Wildman–Crippen MR) is 68.2 cm³/mol. The molecule has 1 aromatic carbocycles. The van der Waals surface area contributed by atoms with E-state index in [-0.39, 0.29) is 16.9 Å². The quantitative estimate of drug-likeness (QED) is 0.806. The van der Waals surface area contributed by atoms with Crippen molar-refractivity contribution in [1.82, 2.24) is 0 Å². The standard InChI is InChI=1S/C13H17ClFNO/c1-9(2)13-8-16(5-6-17-13)10-3-4-11(14)12(15)7-10/h3-4,7,9,13H,5-6,8H2,1-2H3/t13-/m0/s1. The summed E-state index contributed by atoms with van der Waals surface area (Å²) in [6.07, 6.45) is 0.211. The molecule has 0 aliphatic carbocycles. The Hall–Kier alpha value is -0.800. The molecule has 0 aromatic heterocycles. The third kappa shape index (κ3) is 2.90. The van der Waals surface area contributed by atoms with Crippen molar-refractivity contribution in [2.24, 2.45) is 5.92 Å². The molecule has 1 saturated heterocycles. The van der Waals surface area contributed by atoms with E-state index in [4.69, 9.17) is 16.3 Å². The van der Waals surface area contributed by atoms with E-state index in [0.29, 0.717) is 12.5 Å². The molecule has 94 valence electrons. The molecule has 1 aromatic rings. The molecule has 0 amide bonds. The third-order valence-electron chi connectivity index (χ3n) is 3.11. The van der Waals surface area contributed by atoms with Gasteiger partial charge in [-0.25, -0.2) is 4.39 Å². The lowest BCUT2D eigenvalue weighted by Crippen LogP contribution is -2.44. The summed E-state index contributed by atoms with van der Waals surface area (Å²) in [7, 11) is 0. The number of ether oxygens (including phenoxy) is 1. The van der Waals surface area contributed by atoms with Gasteiger partial charge in [-0.2, -0.15) is 0 Å². The lowest BCUT2D eigenvalue weighted by molar-refractivity contribution is 0.0114. The number of hydrogen-bond donors (Lipinski definition) is 0. The first-order chi connectivity index (χ1) is 8.08. The predicted octanol–water partition coefficient (Wildman–Crippen LogP) is 3.34. The minimum atomic E-state index is -0.364. The van der Waals surface area contributed by atoms with Crippen LogP contribution in [0.15, 0.2) is 18.2 Å². The topological polar surface area (TPSA) is 12.5 Å². The summed E-state index contributed by atoms with van der Waals surface area (Å²) in [5.41, 5.74) is 0.876. The highest BCUT2D eigenvalue weighted by Crippen LogP contribution is 2.24. The molecule has 0 spiro atoms. The highest BCUT2D eigenvalue weighted by Gasteiger charge is 2.23. The molecular weight excluding hydrogens is 241 g/mol. The van der Waals surface area contributed by atoms with E-state index in [1.165, 1.54) is 6.07 Å². The second-order valence-corrected chi connectivity index (χ2v) is 5.10. The zero-order valence-electron chi connectivity index (χ0n) is 10.1. The first kappa shape index (κ1) is 12.7. The molecule has 0 bridgehead atoms. The molecule has 2 nitrogen and oxygen atoms in total. The van der Waals surface area contributed by atoms with Gasteiger partial charge in [0.2, 0.25) is 0 Å². The maximum atomic E-state index is 13.4.